The van der Waals surface area contributed by atoms with Gasteiger partial charge < -0.3 is 10.8 Å². The summed E-state index contributed by atoms with van der Waals surface area (Å²) in [4.78, 5) is 18.7. The molecule has 0 saturated heterocycles. The fourth-order valence-electron chi connectivity index (χ4n) is 0. The van der Waals surface area contributed by atoms with Crippen LogP contribution in [-0.2, 0) is 9.59 Å². The molecule has 0 aromatic heterocycles. The number of rotatable bonds is 3. The normalized spacial score (nSPS) is 6.00. The molecule has 4 nitrogen and oxygen atoms in total. The summed E-state index contributed by atoms with van der Waals surface area (Å²) in [6, 6.07) is 0. The highest BCUT2D eigenvalue weighted by molar-refractivity contribution is 5.84. The summed E-state index contributed by atoms with van der Waals surface area (Å²) < 4.78 is 0. The number of carbonyl (C=O) groups is 2. The molecule has 0 rings (SSSR count). The Balaban J connectivity index is -0.000000131. The molecule has 14 heavy (non-hydrogen) atoms. The third kappa shape index (κ3) is 93.2. The highest BCUT2D eigenvalue weighted by Gasteiger charge is 1.73. The van der Waals surface area contributed by atoms with E-state index in [1.165, 1.54) is 0 Å². The number of primary amides is 1. The number of amides is 1. The number of allylic oxidation sites excluding steroid dienone is 2. The van der Waals surface area contributed by atoms with Crippen molar-refractivity contribution >= 4 is 11.9 Å². The van der Waals surface area contributed by atoms with E-state index in [9.17, 15) is 9.59 Å². The van der Waals surface area contributed by atoms with Gasteiger partial charge in [-0.2, -0.15) is 0 Å². The van der Waals surface area contributed by atoms with Crippen molar-refractivity contribution < 1.29 is 14.7 Å². The fourth-order valence-corrected chi connectivity index (χ4v) is 0. The molecule has 0 atom stereocenters. The second kappa shape index (κ2) is 17.1. The molecule has 0 radical (unpaired) electrons. The van der Waals surface area contributed by atoms with Gasteiger partial charge >= 0.3 is 5.97 Å². The molecule has 0 saturated carbocycles. The van der Waals surface area contributed by atoms with Crippen LogP contribution in [-0.4, -0.2) is 17.0 Å². The third-order valence-electron chi connectivity index (χ3n) is 0.542. The van der Waals surface area contributed by atoms with E-state index in [2.05, 4.69) is 32.0 Å². The molecule has 0 aliphatic carbocycles. The molecule has 0 spiro atoms. The Morgan fingerprint density at radius 3 is 1.21 bits per heavy atom. The van der Waals surface area contributed by atoms with Crippen LogP contribution >= 0.6 is 0 Å². The van der Waals surface area contributed by atoms with Crippen molar-refractivity contribution in [2.45, 2.75) is 0 Å². The lowest BCUT2D eigenvalue weighted by molar-refractivity contribution is -0.131. The molecule has 0 aromatic rings. The predicted octanol–water partition coefficient (Wildman–Crippen LogP) is 1.27. The predicted molar refractivity (Wildman–Crippen MR) is 57.6 cm³/mol. The summed E-state index contributed by atoms with van der Waals surface area (Å²) in [5, 5.41) is 7.60. The zero-order valence-electron chi connectivity index (χ0n) is 7.98. The minimum absolute atomic E-state index is 0.481. The molecule has 78 valence electrons. The lowest BCUT2D eigenvalue weighted by Gasteiger charge is -1.65. The van der Waals surface area contributed by atoms with E-state index >= 15 is 0 Å². The van der Waals surface area contributed by atoms with Crippen LogP contribution in [0.5, 0.6) is 0 Å². The van der Waals surface area contributed by atoms with E-state index in [1.54, 1.807) is 12.2 Å². The van der Waals surface area contributed by atoms with Crippen molar-refractivity contribution in [1.82, 2.24) is 0 Å². The van der Waals surface area contributed by atoms with Crippen LogP contribution in [0, 0.1) is 0 Å². The average molecular weight is 197 g/mol. The molecule has 0 unspecified atom stereocenters. The van der Waals surface area contributed by atoms with Crippen LogP contribution in [0.4, 0.5) is 0 Å². The lowest BCUT2D eigenvalue weighted by atomic mass is 10.6. The molecule has 0 bridgehead atoms. The number of hydrogen-bond acceptors (Lipinski definition) is 2. The maximum atomic E-state index is 9.47. The second-order valence-corrected chi connectivity index (χ2v) is 1.62. The third-order valence-corrected chi connectivity index (χ3v) is 0.542. The maximum Gasteiger partial charge on any atom is 0.327 e. The molecule has 0 aliphatic rings. The van der Waals surface area contributed by atoms with Crippen LogP contribution in [0.3, 0.4) is 0 Å². The summed E-state index contributed by atoms with van der Waals surface area (Å²) in [6.07, 6.45) is 5.17. The highest BCUT2D eigenvalue weighted by Crippen LogP contribution is 1.54. The summed E-state index contributed by atoms with van der Waals surface area (Å²) in [6.45, 7) is 12.8. The quantitative estimate of drug-likeness (QED) is 0.528. The number of hydrogen-bond donors (Lipinski definition) is 2. The molecule has 0 aromatic carbocycles. The van der Waals surface area contributed by atoms with Gasteiger partial charge in [-0.25, -0.2) is 4.79 Å². The minimum Gasteiger partial charge on any atom is -0.478 e. The average Bonchev–Trinajstić information content (AvgIpc) is 2.19. The van der Waals surface area contributed by atoms with Gasteiger partial charge in [0.2, 0.25) is 5.91 Å². The van der Waals surface area contributed by atoms with E-state index in [1.807, 2.05) is 0 Å². The van der Waals surface area contributed by atoms with Gasteiger partial charge in [0, 0.05) is 6.08 Å². The monoisotopic (exact) mass is 197 g/mol. The van der Waals surface area contributed by atoms with Crippen LogP contribution in [0.25, 0.3) is 0 Å². The van der Waals surface area contributed by atoms with Crippen LogP contribution in [0.2, 0.25) is 0 Å². The van der Waals surface area contributed by atoms with Crippen molar-refractivity contribution in [3.63, 3.8) is 0 Å². The van der Waals surface area contributed by atoms with Gasteiger partial charge in [0.1, 0.15) is 0 Å². The van der Waals surface area contributed by atoms with Crippen molar-refractivity contribution in [2.75, 3.05) is 0 Å². The van der Waals surface area contributed by atoms with Gasteiger partial charge in [0.15, 0.2) is 0 Å². The van der Waals surface area contributed by atoms with Crippen molar-refractivity contribution in [3.05, 3.63) is 50.6 Å². The number of aliphatic carboxylic acids is 1. The van der Waals surface area contributed by atoms with Gasteiger partial charge in [0.25, 0.3) is 0 Å². The molecule has 0 heterocycles. The second-order valence-electron chi connectivity index (χ2n) is 1.62. The zero-order valence-corrected chi connectivity index (χ0v) is 7.98. The van der Waals surface area contributed by atoms with Gasteiger partial charge in [-0.3, -0.25) is 4.79 Å². The maximum absolute atomic E-state index is 9.47. The molecule has 0 aliphatic heterocycles. The highest BCUT2D eigenvalue weighted by atomic mass is 16.4. The Hall–Kier alpha value is -2.10. The fraction of sp³-hybridized carbons (Fsp3) is 0. The molecular formula is C10H15NO3. The SMILES string of the molecule is C=CC(=O)O.C=CC(N)=O.C=CC=C. The number of carboxylic acid groups (broad SMARTS) is 1. The molecule has 0 fully saturated rings. The molecule has 1 amide bonds. The van der Waals surface area contributed by atoms with Gasteiger partial charge in [-0.1, -0.05) is 38.5 Å². The Labute approximate surface area is 83.7 Å². The van der Waals surface area contributed by atoms with Gasteiger partial charge in [0.05, 0.1) is 0 Å². The first kappa shape index (κ1) is 17.8. The van der Waals surface area contributed by atoms with Crippen LogP contribution < -0.4 is 5.73 Å². The minimum atomic E-state index is -0.981. The van der Waals surface area contributed by atoms with Gasteiger partial charge in [-0.15, -0.1) is 0 Å². The topological polar surface area (TPSA) is 80.4 Å². The summed E-state index contributed by atoms with van der Waals surface area (Å²) in [5.74, 6) is -1.46. The van der Waals surface area contributed by atoms with Crippen LogP contribution in [0.1, 0.15) is 0 Å². The number of nitrogens with two attached hydrogens (primary N) is 1. The lowest BCUT2D eigenvalue weighted by Crippen LogP contribution is -2.04. The molecule has 3 N–H and O–H groups in total. The standard InChI is InChI=1S/C4H6.C3H5NO.C3H4O2/c1-3-4-2;2*1-2-3(4)5/h3-4H,1-2H2;2H,1H2,(H2,4,5);2H,1H2,(H,4,5). The van der Waals surface area contributed by atoms with E-state index in [0.717, 1.165) is 12.2 Å². The van der Waals surface area contributed by atoms with E-state index in [4.69, 9.17) is 5.11 Å². The number of carbonyl (C=O) groups excluding carboxylic acids is 1. The largest absolute Gasteiger partial charge is 0.478 e. The molecule has 4 heteroatoms. The first-order valence-electron chi connectivity index (χ1n) is 3.46. The van der Waals surface area contributed by atoms with E-state index < -0.39 is 11.9 Å². The van der Waals surface area contributed by atoms with Crippen molar-refractivity contribution in [3.8, 4) is 0 Å². The summed E-state index contributed by atoms with van der Waals surface area (Å²) >= 11 is 0. The smallest absolute Gasteiger partial charge is 0.327 e. The van der Waals surface area contributed by atoms with Crippen molar-refractivity contribution in [1.29, 1.82) is 0 Å². The van der Waals surface area contributed by atoms with Crippen LogP contribution in [0.15, 0.2) is 50.6 Å². The first-order chi connectivity index (χ1) is 6.45. The van der Waals surface area contributed by atoms with E-state index in [-0.39, 0.29) is 0 Å². The Kier molecular flexibility index (Phi) is 21.8. The van der Waals surface area contributed by atoms with E-state index in [0.29, 0.717) is 0 Å². The Morgan fingerprint density at radius 2 is 1.21 bits per heavy atom. The first-order valence-corrected chi connectivity index (χ1v) is 3.46. The number of carboxylic acids is 1. The Morgan fingerprint density at radius 1 is 1.00 bits per heavy atom. The zero-order chi connectivity index (χ0) is 12.0. The molecular weight excluding hydrogens is 182 g/mol. The van der Waals surface area contributed by atoms with Gasteiger partial charge in [-0.05, 0) is 6.08 Å². The summed E-state index contributed by atoms with van der Waals surface area (Å²) in [7, 11) is 0. The summed E-state index contributed by atoms with van der Waals surface area (Å²) in [5.41, 5.74) is 4.53. The Bertz CT molecular complexity index is 195. The van der Waals surface area contributed by atoms with Crippen molar-refractivity contribution in [2.24, 2.45) is 5.73 Å².